The molecule has 1 aromatic carbocycles. The molecule has 9 heteroatoms. The van der Waals surface area contributed by atoms with Gasteiger partial charge in [0.1, 0.15) is 11.6 Å². The largest absolute Gasteiger partial charge is 0.501 e. The van der Waals surface area contributed by atoms with Crippen molar-refractivity contribution in [2.24, 2.45) is 7.05 Å². The monoisotopic (exact) mass is 439 g/mol. The summed E-state index contributed by atoms with van der Waals surface area (Å²) in [6.45, 7) is 5.39. The van der Waals surface area contributed by atoms with Gasteiger partial charge in [-0.1, -0.05) is 12.1 Å². The van der Waals surface area contributed by atoms with Crippen molar-refractivity contribution in [3.05, 3.63) is 75.5 Å². The molecule has 32 heavy (non-hydrogen) atoms. The minimum Gasteiger partial charge on any atom is -0.501 e. The number of nitrogens with zero attached hydrogens (tertiary/aromatic N) is 5. The van der Waals surface area contributed by atoms with E-state index >= 15 is 0 Å². The zero-order valence-electron chi connectivity index (χ0n) is 18.4. The van der Waals surface area contributed by atoms with Gasteiger partial charge in [-0.2, -0.15) is 5.10 Å². The number of aromatic nitrogens is 4. The molecule has 2 aromatic heterocycles. The molecular weight excluding hydrogens is 413 g/mol. The zero-order valence-corrected chi connectivity index (χ0v) is 18.4. The number of halogens is 1. The smallest absolute Gasteiger partial charge is 0.296 e. The maximum atomic E-state index is 13.1. The third-order valence-electron chi connectivity index (χ3n) is 6.02. The molecule has 0 bridgehead atoms. The maximum Gasteiger partial charge on any atom is 0.296 e. The van der Waals surface area contributed by atoms with Crippen LogP contribution in [0.3, 0.4) is 0 Å². The van der Waals surface area contributed by atoms with Crippen LogP contribution in [-0.2, 0) is 32.1 Å². The van der Waals surface area contributed by atoms with Crippen LogP contribution >= 0.6 is 0 Å². The van der Waals surface area contributed by atoms with Crippen molar-refractivity contribution in [3.63, 3.8) is 0 Å². The van der Waals surface area contributed by atoms with Crippen molar-refractivity contribution in [2.45, 2.75) is 45.3 Å². The van der Waals surface area contributed by atoms with Gasteiger partial charge in [-0.25, -0.2) is 9.37 Å². The van der Waals surface area contributed by atoms with Crippen molar-refractivity contribution in [3.8, 4) is 5.75 Å². The van der Waals surface area contributed by atoms with Crippen LogP contribution in [0.4, 0.5) is 4.39 Å². The average molecular weight is 439 g/mol. The highest BCUT2D eigenvalue weighted by Gasteiger charge is 2.39. The van der Waals surface area contributed by atoms with Crippen molar-refractivity contribution in [1.82, 2.24) is 24.2 Å². The van der Waals surface area contributed by atoms with Gasteiger partial charge in [0.15, 0.2) is 11.5 Å². The summed E-state index contributed by atoms with van der Waals surface area (Å²) >= 11 is 0. The molecule has 0 atom stereocenters. The molecule has 8 nitrogen and oxygen atoms in total. The van der Waals surface area contributed by atoms with Gasteiger partial charge in [-0.3, -0.25) is 23.7 Å². The topological polar surface area (TPSA) is 93.3 Å². The number of aryl methyl sites for hydroxylation is 2. The first-order chi connectivity index (χ1) is 15.2. The highest BCUT2D eigenvalue weighted by Crippen LogP contribution is 2.32. The number of benzene rings is 1. The second kappa shape index (κ2) is 8.31. The Bertz CT molecular complexity index is 1210. The molecule has 0 aliphatic carbocycles. The fourth-order valence-electron chi connectivity index (χ4n) is 4.10. The lowest BCUT2D eigenvalue weighted by molar-refractivity contribution is 0.0636. The van der Waals surface area contributed by atoms with Crippen LogP contribution in [0, 0.1) is 5.82 Å². The Morgan fingerprint density at radius 3 is 2.56 bits per heavy atom. The molecule has 3 heterocycles. The molecule has 0 spiro atoms. The van der Waals surface area contributed by atoms with Crippen LogP contribution in [0.1, 0.15) is 47.8 Å². The Labute approximate surface area is 184 Å². The minimum atomic E-state index is -0.658. The van der Waals surface area contributed by atoms with E-state index in [1.165, 1.54) is 16.7 Å². The summed E-state index contributed by atoms with van der Waals surface area (Å²) in [4.78, 5) is 32.4. The molecule has 0 amide bonds. The van der Waals surface area contributed by atoms with E-state index in [0.717, 1.165) is 11.3 Å². The number of ketones is 1. The van der Waals surface area contributed by atoms with Crippen LogP contribution < -0.4 is 5.56 Å². The molecule has 0 fully saturated rings. The molecule has 1 N–H and O–H groups in total. The van der Waals surface area contributed by atoms with Crippen LogP contribution in [0.5, 0.6) is 5.75 Å². The summed E-state index contributed by atoms with van der Waals surface area (Å²) in [5.74, 6) is -0.955. The first kappa shape index (κ1) is 21.9. The van der Waals surface area contributed by atoms with Gasteiger partial charge >= 0.3 is 0 Å². The predicted molar refractivity (Wildman–Crippen MR) is 116 cm³/mol. The highest BCUT2D eigenvalue weighted by molar-refractivity contribution is 5.96. The standard InChI is InChI=1S/C23H26FN5O3/c1-23(2)22-25-19(18(30)9-6-15-4-7-16(24)8-5-15)20(31)21(32)29(22)13-12-28(23)14-17-10-11-27(3)26-17/h4-5,7-8,10-11,31H,6,9,12-14H2,1-3H3. The molecular formula is C23H26FN5O3. The summed E-state index contributed by atoms with van der Waals surface area (Å²) in [7, 11) is 1.86. The minimum absolute atomic E-state index is 0.0488. The van der Waals surface area contributed by atoms with E-state index in [1.807, 2.05) is 33.2 Å². The molecule has 4 rings (SSSR count). The van der Waals surface area contributed by atoms with E-state index in [9.17, 15) is 19.1 Å². The first-order valence-corrected chi connectivity index (χ1v) is 10.5. The summed E-state index contributed by atoms with van der Waals surface area (Å²) in [5, 5.41) is 14.9. The van der Waals surface area contributed by atoms with E-state index in [0.29, 0.717) is 31.9 Å². The summed E-state index contributed by atoms with van der Waals surface area (Å²) in [6, 6.07) is 7.82. The molecule has 0 radical (unpaired) electrons. The van der Waals surface area contributed by atoms with Gasteiger partial charge in [-0.05, 0) is 44.0 Å². The fraction of sp³-hybridized carbons (Fsp3) is 0.391. The van der Waals surface area contributed by atoms with E-state index in [4.69, 9.17) is 0 Å². The van der Waals surface area contributed by atoms with Crippen molar-refractivity contribution < 1.29 is 14.3 Å². The van der Waals surface area contributed by atoms with E-state index in [2.05, 4.69) is 15.0 Å². The molecule has 0 saturated carbocycles. The number of hydrogen-bond donors (Lipinski definition) is 1. The SMILES string of the molecule is Cn1ccc(CN2CCn3c(nc(C(=O)CCc4ccc(F)cc4)c(O)c3=O)C2(C)C)n1. The lowest BCUT2D eigenvalue weighted by Gasteiger charge is -2.42. The second-order valence-electron chi connectivity index (χ2n) is 8.60. The van der Waals surface area contributed by atoms with Gasteiger partial charge in [0.25, 0.3) is 5.56 Å². The number of hydrogen-bond acceptors (Lipinski definition) is 6. The number of carbonyl (C=O) groups is 1. The molecule has 1 aliphatic rings. The third-order valence-corrected chi connectivity index (χ3v) is 6.02. The normalized spacial score (nSPS) is 15.5. The maximum absolute atomic E-state index is 13.1. The number of Topliss-reactive ketones (excluding diaryl/α,β-unsaturated/α-hetero) is 1. The number of rotatable bonds is 6. The van der Waals surface area contributed by atoms with Crippen LogP contribution in [0.25, 0.3) is 0 Å². The first-order valence-electron chi connectivity index (χ1n) is 10.5. The molecule has 0 unspecified atom stereocenters. The predicted octanol–water partition coefficient (Wildman–Crippen LogP) is 2.39. The number of aromatic hydroxyl groups is 1. The lowest BCUT2D eigenvalue weighted by atomic mass is 9.97. The average Bonchev–Trinajstić information content (AvgIpc) is 3.16. The van der Waals surface area contributed by atoms with Crippen LogP contribution in [0.2, 0.25) is 0 Å². The Morgan fingerprint density at radius 1 is 1.19 bits per heavy atom. The van der Waals surface area contributed by atoms with E-state index in [-0.39, 0.29) is 17.9 Å². The van der Waals surface area contributed by atoms with Crippen molar-refractivity contribution >= 4 is 5.78 Å². The second-order valence-corrected chi connectivity index (χ2v) is 8.60. The summed E-state index contributed by atoms with van der Waals surface area (Å²) in [5.41, 5.74) is 0.206. The summed E-state index contributed by atoms with van der Waals surface area (Å²) in [6.07, 6.45) is 2.28. The highest BCUT2D eigenvalue weighted by atomic mass is 19.1. The van der Waals surface area contributed by atoms with Crippen molar-refractivity contribution in [1.29, 1.82) is 0 Å². The van der Waals surface area contributed by atoms with Gasteiger partial charge in [0, 0.05) is 39.3 Å². The third kappa shape index (κ3) is 4.08. The zero-order chi connectivity index (χ0) is 23.0. The Morgan fingerprint density at radius 2 is 1.91 bits per heavy atom. The van der Waals surface area contributed by atoms with Crippen LogP contribution in [-0.4, -0.2) is 41.7 Å². The summed E-state index contributed by atoms with van der Waals surface area (Å²) < 4.78 is 16.3. The molecule has 1 aliphatic heterocycles. The molecule has 3 aromatic rings. The van der Waals surface area contributed by atoms with E-state index in [1.54, 1.807) is 16.8 Å². The Kier molecular flexibility index (Phi) is 5.68. The number of carbonyl (C=O) groups excluding carboxylic acids is 1. The van der Waals surface area contributed by atoms with Gasteiger partial charge in [-0.15, -0.1) is 0 Å². The van der Waals surface area contributed by atoms with Crippen LogP contribution in [0.15, 0.2) is 41.3 Å². The van der Waals surface area contributed by atoms with E-state index < -0.39 is 22.6 Å². The fourth-order valence-corrected chi connectivity index (χ4v) is 4.10. The molecule has 0 saturated heterocycles. The molecule has 168 valence electrons. The van der Waals surface area contributed by atoms with Gasteiger partial charge in [0.05, 0.1) is 11.2 Å². The Hall–Kier alpha value is -3.33. The quantitative estimate of drug-likeness (QED) is 0.593. The number of fused-ring (bicyclic) bond motifs is 1. The van der Waals surface area contributed by atoms with Gasteiger partial charge < -0.3 is 5.11 Å². The van der Waals surface area contributed by atoms with Gasteiger partial charge in [0.2, 0.25) is 5.75 Å². The van der Waals surface area contributed by atoms with Crippen molar-refractivity contribution in [2.75, 3.05) is 6.54 Å². The lowest BCUT2D eigenvalue weighted by Crippen LogP contribution is -2.52. The Balaban J connectivity index is 1.61.